The summed E-state index contributed by atoms with van der Waals surface area (Å²) in [7, 11) is 0. The molecule has 0 unspecified atom stereocenters. The van der Waals surface area contributed by atoms with Crippen molar-refractivity contribution in [3.8, 4) is 5.69 Å². The Morgan fingerprint density at radius 1 is 1.10 bits per heavy atom. The number of rotatable bonds is 5. The highest BCUT2D eigenvalue weighted by atomic mass is 35.5. The molecule has 2 aromatic carbocycles. The molecule has 0 saturated carbocycles. The van der Waals surface area contributed by atoms with E-state index in [1.54, 1.807) is 23.5 Å². The van der Waals surface area contributed by atoms with Crippen LogP contribution in [0.2, 0.25) is 5.02 Å². The Kier molecular flexibility index (Phi) is 7.58. The largest absolute Gasteiger partial charge is 0.322 e. The number of aliphatic imine (C=N–C) groups is 1. The van der Waals surface area contributed by atoms with E-state index >= 15 is 0 Å². The monoisotopic (exact) mass is 557 g/mol. The molecule has 4 nitrogen and oxygen atoms in total. The quantitative estimate of drug-likeness (QED) is 0.244. The number of aryl methyl sites for hydroxylation is 2. The van der Waals surface area contributed by atoms with Crippen molar-refractivity contribution in [2.24, 2.45) is 16.3 Å². The van der Waals surface area contributed by atoms with Crippen LogP contribution in [0.25, 0.3) is 5.69 Å². The van der Waals surface area contributed by atoms with Crippen LogP contribution in [0.4, 0.5) is 10.7 Å². The summed E-state index contributed by atoms with van der Waals surface area (Å²) in [6.07, 6.45) is 4.89. The minimum absolute atomic E-state index is 0.110. The van der Waals surface area contributed by atoms with Gasteiger partial charge in [-0.25, -0.2) is 4.99 Å². The first-order valence-corrected chi connectivity index (χ1v) is 14.7. The third-order valence-corrected chi connectivity index (χ3v) is 9.27. The van der Waals surface area contributed by atoms with Gasteiger partial charge in [0.25, 0.3) is 5.91 Å². The van der Waals surface area contributed by atoms with Gasteiger partial charge in [-0.15, -0.1) is 11.3 Å². The van der Waals surface area contributed by atoms with Gasteiger partial charge in [0, 0.05) is 44.4 Å². The molecule has 4 aromatic rings. The number of carbonyl (C=O) groups is 1. The van der Waals surface area contributed by atoms with Crippen LogP contribution in [0.3, 0.4) is 0 Å². The first-order valence-electron chi connectivity index (χ1n) is 13.5. The smallest absolute Gasteiger partial charge is 0.259 e. The normalized spacial score (nSPS) is 15.5. The second kappa shape index (κ2) is 10.8. The predicted octanol–water partition coefficient (Wildman–Crippen LogP) is 9.27. The van der Waals surface area contributed by atoms with Gasteiger partial charge >= 0.3 is 0 Å². The van der Waals surface area contributed by atoms with Crippen molar-refractivity contribution in [1.29, 1.82) is 0 Å². The number of benzene rings is 2. The van der Waals surface area contributed by atoms with Gasteiger partial charge in [0.05, 0.1) is 5.56 Å². The van der Waals surface area contributed by atoms with Gasteiger partial charge in [-0.1, -0.05) is 44.5 Å². The summed E-state index contributed by atoms with van der Waals surface area (Å²) in [5.41, 5.74) is 8.52. The van der Waals surface area contributed by atoms with E-state index in [1.165, 1.54) is 10.4 Å². The van der Waals surface area contributed by atoms with E-state index in [0.29, 0.717) is 16.5 Å². The molecule has 6 heteroatoms. The van der Waals surface area contributed by atoms with Crippen LogP contribution in [0.1, 0.15) is 70.5 Å². The maximum Gasteiger partial charge on any atom is 0.259 e. The Morgan fingerprint density at radius 2 is 1.85 bits per heavy atom. The molecule has 0 spiro atoms. The topological polar surface area (TPSA) is 46.4 Å². The van der Waals surface area contributed by atoms with E-state index in [0.717, 1.165) is 58.2 Å². The number of hydrogen-bond donors (Lipinski definition) is 1. The van der Waals surface area contributed by atoms with Gasteiger partial charge < -0.3 is 9.88 Å². The summed E-state index contributed by atoms with van der Waals surface area (Å²) in [6.45, 7) is 13.3. The number of hydrogen-bond acceptors (Lipinski definition) is 3. The van der Waals surface area contributed by atoms with Crippen LogP contribution >= 0.6 is 22.9 Å². The number of anilines is 1. The van der Waals surface area contributed by atoms with Gasteiger partial charge in [-0.05, 0) is 105 Å². The molecule has 0 aliphatic heterocycles. The number of aromatic nitrogens is 1. The fourth-order valence-corrected chi connectivity index (χ4v) is 6.97. The zero-order valence-corrected chi connectivity index (χ0v) is 25.1. The molecule has 2 aromatic heterocycles. The maximum absolute atomic E-state index is 13.7. The second-order valence-corrected chi connectivity index (χ2v) is 13.2. The zero-order chi connectivity index (χ0) is 27.9. The van der Waals surface area contributed by atoms with Crippen molar-refractivity contribution in [2.75, 3.05) is 5.32 Å². The van der Waals surface area contributed by atoms with E-state index < -0.39 is 0 Å². The number of thiophene rings is 1. The third-order valence-electron chi connectivity index (χ3n) is 7.85. The first-order chi connectivity index (χ1) is 18.5. The molecule has 1 N–H and O–H groups in total. The Morgan fingerprint density at radius 3 is 2.54 bits per heavy atom. The van der Waals surface area contributed by atoms with Crippen molar-refractivity contribution < 1.29 is 4.79 Å². The van der Waals surface area contributed by atoms with Crippen LogP contribution in [0.15, 0.2) is 59.6 Å². The van der Waals surface area contributed by atoms with Crippen LogP contribution in [0, 0.1) is 32.1 Å². The zero-order valence-electron chi connectivity index (χ0n) is 23.6. The molecule has 1 atom stereocenters. The molecule has 1 amide bonds. The summed E-state index contributed by atoms with van der Waals surface area (Å²) >= 11 is 7.73. The summed E-state index contributed by atoms with van der Waals surface area (Å²) in [6, 6.07) is 17.9. The molecule has 0 bridgehead atoms. The number of fused-ring (bicyclic) bond motifs is 1. The third kappa shape index (κ3) is 5.75. The van der Waals surface area contributed by atoms with E-state index in [4.69, 9.17) is 16.6 Å². The number of halogens is 1. The van der Waals surface area contributed by atoms with Crippen LogP contribution in [-0.4, -0.2) is 16.7 Å². The Bertz CT molecular complexity index is 1550. The van der Waals surface area contributed by atoms with Crippen molar-refractivity contribution in [2.45, 2.75) is 60.8 Å². The Labute approximate surface area is 240 Å². The summed E-state index contributed by atoms with van der Waals surface area (Å²) in [4.78, 5) is 19.9. The van der Waals surface area contributed by atoms with E-state index in [9.17, 15) is 4.79 Å². The molecular formula is C33H36ClN3OS. The summed E-state index contributed by atoms with van der Waals surface area (Å²) < 4.78 is 2.26. The summed E-state index contributed by atoms with van der Waals surface area (Å²) in [5, 5.41) is 4.50. The van der Waals surface area contributed by atoms with Gasteiger partial charge in [-0.3, -0.25) is 4.79 Å². The van der Waals surface area contributed by atoms with Crippen molar-refractivity contribution >= 4 is 45.7 Å². The standard InChI is InChI=1S/C33H36ClN3OS/c1-20-8-7-9-27(16-20)37-21(2)17-23(22(37)3)19-35-32-30(31(38)36-26-13-11-25(34)12-14-26)28-15-10-24(33(4,5)6)18-29(28)39-32/h7-9,11-14,16-17,19,24H,10,15,18H2,1-6H3,(H,36,38)/t24-/m0/s1. The molecule has 2 heterocycles. The van der Waals surface area contributed by atoms with Crippen molar-refractivity contribution in [3.05, 3.63) is 98.1 Å². The van der Waals surface area contributed by atoms with Crippen molar-refractivity contribution in [1.82, 2.24) is 4.57 Å². The lowest BCUT2D eigenvalue weighted by Gasteiger charge is -2.33. The fraction of sp³-hybridized carbons (Fsp3) is 0.333. The highest BCUT2D eigenvalue weighted by Crippen LogP contribution is 2.45. The molecule has 39 heavy (non-hydrogen) atoms. The highest BCUT2D eigenvalue weighted by molar-refractivity contribution is 7.16. The second-order valence-electron chi connectivity index (χ2n) is 11.7. The van der Waals surface area contributed by atoms with Gasteiger partial charge in [-0.2, -0.15) is 0 Å². The van der Waals surface area contributed by atoms with Crippen LogP contribution < -0.4 is 5.32 Å². The molecule has 0 saturated heterocycles. The average molecular weight is 558 g/mol. The predicted molar refractivity (Wildman–Crippen MR) is 166 cm³/mol. The van der Waals surface area contributed by atoms with Gasteiger partial charge in [0.15, 0.2) is 0 Å². The van der Waals surface area contributed by atoms with Crippen LogP contribution in [-0.2, 0) is 12.8 Å². The number of nitrogens with zero attached hydrogens (tertiary/aromatic N) is 2. The average Bonchev–Trinajstić information content (AvgIpc) is 3.39. The van der Waals surface area contributed by atoms with Crippen molar-refractivity contribution in [3.63, 3.8) is 0 Å². The molecule has 5 rings (SSSR count). The molecule has 0 fully saturated rings. The van der Waals surface area contributed by atoms with E-state index in [1.807, 2.05) is 18.3 Å². The fourth-order valence-electron chi connectivity index (χ4n) is 5.57. The lowest BCUT2D eigenvalue weighted by molar-refractivity contribution is 0.102. The number of amides is 1. The highest BCUT2D eigenvalue weighted by Gasteiger charge is 2.33. The maximum atomic E-state index is 13.7. The number of carbonyl (C=O) groups excluding carboxylic acids is 1. The minimum atomic E-state index is -0.110. The van der Waals surface area contributed by atoms with E-state index in [-0.39, 0.29) is 11.3 Å². The van der Waals surface area contributed by atoms with Crippen LogP contribution in [0.5, 0.6) is 0 Å². The molecule has 1 aliphatic rings. The lowest BCUT2D eigenvalue weighted by atomic mass is 9.72. The van der Waals surface area contributed by atoms with E-state index in [2.05, 4.69) is 81.8 Å². The Balaban J connectivity index is 1.52. The SMILES string of the molecule is Cc1cccc(-n2c(C)cc(C=Nc3sc4c(c3C(=O)Nc3ccc(Cl)cc3)CC[C@H](C(C)(C)C)C4)c2C)c1. The lowest BCUT2D eigenvalue weighted by Crippen LogP contribution is -2.27. The van der Waals surface area contributed by atoms with Gasteiger partial charge in [0.1, 0.15) is 5.00 Å². The summed E-state index contributed by atoms with van der Waals surface area (Å²) in [5.74, 6) is 0.474. The van der Waals surface area contributed by atoms with Gasteiger partial charge in [0.2, 0.25) is 0 Å². The minimum Gasteiger partial charge on any atom is -0.322 e. The molecule has 202 valence electrons. The number of nitrogens with one attached hydrogen (secondary N) is 1. The first kappa shape index (κ1) is 27.4. The molecular weight excluding hydrogens is 522 g/mol. The molecule has 0 radical (unpaired) electrons. The Hall–Kier alpha value is -3.15. The molecule has 1 aliphatic carbocycles.